The van der Waals surface area contributed by atoms with Gasteiger partial charge in [0.25, 0.3) is 11.8 Å². The molecule has 1 N–H and O–H groups in total. The lowest BCUT2D eigenvalue weighted by Crippen LogP contribution is -2.31. The van der Waals surface area contributed by atoms with Crippen LogP contribution in [0.4, 0.5) is 5.69 Å². The van der Waals surface area contributed by atoms with Crippen molar-refractivity contribution < 1.29 is 9.59 Å². The van der Waals surface area contributed by atoms with E-state index in [1.807, 2.05) is 26.8 Å². The summed E-state index contributed by atoms with van der Waals surface area (Å²) in [6, 6.07) is 8.38. The zero-order valence-corrected chi connectivity index (χ0v) is 14.7. The second-order valence-electron chi connectivity index (χ2n) is 5.32. The number of halogens is 1. The van der Waals surface area contributed by atoms with E-state index in [2.05, 4.69) is 10.3 Å². The van der Waals surface area contributed by atoms with Gasteiger partial charge in [0.2, 0.25) is 0 Å². The Hall–Kier alpha value is -2.40. The van der Waals surface area contributed by atoms with Crippen LogP contribution in [0.5, 0.6) is 0 Å². The number of nitrogens with one attached hydrogen (secondary N) is 1. The number of pyridine rings is 1. The van der Waals surface area contributed by atoms with Crippen LogP contribution in [0.1, 0.15) is 40.3 Å². The van der Waals surface area contributed by atoms with Gasteiger partial charge in [-0.05, 0) is 50.6 Å². The van der Waals surface area contributed by atoms with Gasteiger partial charge in [-0.2, -0.15) is 0 Å². The topological polar surface area (TPSA) is 62.3 Å². The molecular formula is C18H20ClN3O2. The maximum atomic E-state index is 12.5. The first-order chi connectivity index (χ1) is 11.5. The minimum atomic E-state index is -0.309. The number of rotatable bonds is 5. The molecule has 2 amide bonds. The molecule has 1 aromatic carbocycles. The maximum Gasteiger partial charge on any atom is 0.272 e. The Bertz CT molecular complexity index is 758. The quantitative estimate of drug-likeness (QED) is 0.897. The van der Waals surface area contributed by atoms with E-state index in [1.54, 1.807) is 23.1 Å². The maximum absolute atomic E-state index is 12.5. The number of carbonyl (C=O) groups excluding carboxylic acids is 2. The fraction of sp³-hybridized carbons (Fsp3) is 0.278. The molecule has 0 fully saturated rings. The van der Waals surface area contributed by atoms with Crippen molar-refractivity contribution in [3.63, 3.8) is 0 Å². The van der Waals surface area contributed by atoms with Crippen molar-refractivity contribution in [2.75, 3.05) is 18.4 Å². The molecule has 0 saturated carbocycles. The summed E-state index contributed by atoms with van der Waals surface area (Å²) in [5, 5.41) is 3.36. The van der Waals surface area contributed by atoms with Crippen LogP contribution in [0.15, 0.2) is 36.5 Å². The summed E-state index contributed by atoms with van der Waals surface area (Å²) in [7, 11) is 0. The van der Waals surface area contributed by atoms with Crippen LogP contribution in [0, 0.1) is 6.92 Å². The third-order valence-corrected chi connectivity index (χ3v) is 3.97. The van der Waals surface area contributed by atoms with E-state index in [4.69, 9.17) is 11.6 Å². The molecule has 0 bridgehead atoms. The first kappa shape index (κ1) is 17.9. The zero-order valence-electron chi connectivity index (χ0n) is 14.0. The highest BCUT2D eigenvalue weighted by molar-refractivity contribution is 6.31. The molecule has 5 nitrogen and oxygen atoms in total. The molecular weight excluding hydrogens is 326 g/mol. The number of amides is 2. The lowest BCUT2D eigenvalue weighted by molar-refractivity contribution is 0.0767. The molecule has 0 aliphatic rings. The Morgan fingerprint density at radius 2 is 1.88 bits per heavy atom. The largest absolute Gasteiger partial charge is 0.338 e. The third-order valence-electron chi connectivity index (χ3n) is 3.74. The first-order valence-electron chi connectivity index (χ1n) is 7.79. The highest BCUT2D eigenvalue weighted by Gasteiger charge is 2.16. The molecule has 0 unspecified atom stereocenters. The summed E-state index contributed by atoms with van der Waals surface area (Å²) < 4.78 is 0. The van der Waals surface area contributed by atoms with Crippen molar-refractivity contribution in [3.8, 4) is 0 Å². The standard InChI is InChI=1S/C18H20ClN3O2/c1-4-22(5-2)18(24)16-10-13(8-9-20-16)17(23)21-15-11-14(19)7-6-12(15)3/h6-11H,4-5H2,1-3H3,(H,21,23). The van der Waals surface area contributed by atoms with Gasteiger partial charge in [-0.1, -0.05) is 17.7 Å². The van der Waals surface area contributed by atoms with Gasteiger partial charge in [0.05, 0.1) is 0 Å². The summed E-state index contributed by atoms with van der Waals surface area (Å²) in [4.78, 5) is 30.6. The van der Waals surface area contributed by atoms with Crippen molar-refractivity contribution in [1.29, 1.82) is 0 Å². The molecule has 0 atom stereocenters. The highest BCUT2D eigenvalue weighted by atomic mass is 35.5. The van der Waals surface area contributed by atoms with Crippen molar-refractivity contribution in [1.82, 2.24) is 9.88 Å². The smallest absolute Gasteiger partial charge is 0.272 e. The Kier molecular flexibility index (Phi) is 5.93. The number of aryl methyl sites for hydroxylation is 1. The minimum absolute atomic E-state index is 0.186. The molecule has 0 aliphatic carbocycles. The summed E-state index contributed by atoms with van der Waals surface area (Å²) in [5.41, 5.74) is 2.18. The number of carbonyl (C=O) groups is 2. The number of aromatic nitrogens is 1. The number of nitrogens with zero attached hydrogens (tertiary/aromatic N) is 2. The van der Waals surface area contributed by atoms with E-state index in [-0.39, 0.29) is 17.5 Å². The summed E-state index contributed by atoms with van der Waals surface area (Å²) >= 11 is 5.97. The molecule has 2 aromatic rings. The number of benzene rings is 1. The normalized spacial score (nSPS) is 10.3. The molecule has 24 heavy (non-hydrogen) atoms. The van der Waals surface area contributed by atoms with E-state index >= 15 is 0 Å². The van der Waals surface area contributed by atoms with Crippen LogP contribution >= 0.6 is 11.6 Å². The van der Waals surface area contributed by atoms with Crippen molar-refractivity contribution in [2.24, 2.45) is 0 Å². The molecule has 0 saturated heterocycles. The number of hydrogen-bond donors (Lipinski definition) is 1. The van der Waals surface area contributed by atoms with E-state index in [0.717, 1.165) is 5.56 Å². The SMILES string of the molecule is CCN(CC)C(=O)c1cc(C(=O)Nc2cc(Cl)ccc2C)ccn1. The lowest BCUT2D eigenvalue weighted by Gasteiger charge is -2.18. The van der Waals surface area contributed by atoms with Crippen LogP contribution in [-0.2, 0) is 0 Å². The van der Waals surface area contributed by atoms with Crippen LogP contribution in [-0.4, -0.2) is 34.8 Å². The average molecular weight is 346 g/mol. The van der Waals surface area contributed by atoms with Gasteiger partial charge >= 0.3 is 0 Å². The number of anilines is 1. The van der Waals surface area contributed by atoms with Crippen LogP contribution < -0.4 is 5.32 Å². The van der Waals surface area contributed by atoms with Crippen LogP contribution in [0.3, 0.4) is 0 Å². The molecule has 2 rings (SSSR count). The molecule has 0 spiro atoms. The molecule has 1 heterocycles. The zero-order chi connectivity index (χ0) is 17.7. The molecule has 1 aromatic heterocycles. The molecule has 0 radical (unpaired) electrons. The van der Waals surface area contributed by atoms with Crippen LogP contribution in [0.2, 0.25) is 5.02 Å². The lowest BCUT2D eigenvalue weighted by atomic mass is 10.1. The molecule has 126 valence electrons. The predicted octanol–water partition coefficient (Wildman–Crippen LogP) is 3.78. The van der Waals surface area contributed by atoms with E-state index < -0.39 is 0 Å². The van der Waals surface area contributed by atoms with Gasteiger partial charge in [0.15, 0.2) is 0 Å². The first-order valence-corrected chi connectivity index (χ1v) is 8.16. The Morgan fingerprint density at radius 1 is 1.17 bits per heavy atom. The molecule has 0 aliphatic heterocycles. The van der Waals surface area contributed by atoms with Gasteiger partial charge in [0, 0.05) is 35.6 Å². The summed E-state index contributed by atoms with van der Waals surface area (Å²) in [6.07, 6.45) is 1.47. The second kappa shape index (κ2) is 7.93. The monoisotopic (exact) mass is 345 g/mol. The van der Waals surface area contributed by atoms with Gasteiger partial charge in [-0.15, -0.1) is 0 Å². The predicted molar refractivity (Wildman–Crippen MR) is 95.6 cm³/mol. The molecule has 6 heteroatoms. The van der Waals surface area contributed by atoms with Gasteiger partial charge < -0.3 is 10.2 Å². The van der Waals surface area contributed by atoms with Gasteiger partial charge in [-0.25, -0.2) is 0 Å². The van der Waals surface area contributed by atoms with Gasteiger partial charge in [0.1, 0.15) is 5.69 Å². The van der Waals surface area contributed by atoms with Crippen molar-refractivity contribution in [3.05, 3.63) is 58.4 Å². The van der Waals surface area contributed by atoms with E-state index in [0.29, 0.717) is 29.4 Å². The van der Waals surface area contributed by atoms with E-state index in [9.17, 15) is 9.59 Å². The highest BCUT2D eigenvalue weighted by Crippen LogP contribution is 2.21. The number of hydrogen-bond acceptors (Lipinski definition) is 3. The Morgan fingerprint density at radius 3 is 2.54 bits per heavy atom. The second-order valence-corrected chi connectivity index (χ2v) is 5.76. The fourth-order valence-electron chi connectivity index (χ4n) is 2.28. The third kappa shape index (κ3) is 4.11. The fourth-order valence-corrected chi connectivity index (χ4v) is 2.46. The minimum Gasteiger partial charge on any atom is -0.338 e. The van der Waals surface area contributed by atoms with Crippen LogP contribution in [0.25, 0.3) is 0 Å². The summed E-state index contributed by atoms with van der Waals surface area (Å²) in [6.45, 7) is 6.87. The van der Waals surface area contributed by atoms with Crippen molar-refractivity contribution >= 4 is 29.1 Å². The van der Waals surface area contributed by atoms with Crippen molar-refractivity contribution in [2.45, 2.75) is 20.8 Å². The van der Waals surface area contributed by atoms with Gasteiger partial charge in [-0.3, -0.25) is 14.6 Å². The Balaban J connectivity index is 2.23. The average Bonchev–Trinajstić information content (AvgIpc) is 2.59. The summed E-state index contributed by atoms with van der Waals surface area (Å²) in [5.74, 6) is -0.495. The Labute approximate surface area is 146 Å². The van der Waals surface area contributed by atoms with E-state index in [1.165, 1.54) is 12.3 Å².